The van der Waals surface area contributed by atoms with Gasteiger partial charge >= 0.3 is 0 Å². The number of methoxy groups -OCH3 is 2. The van der Waals surface area contributed by atoms with Crippen LogP contribution in [0.3, 0.4) is 0 Å². The molecular weight excluding hydrogens is 392 g/mol. The summed E-state index contributed by atoms with van der Waals surface area (Å²) in [5, 5.41) is 3.02. The van der Waals surface area contributed by atoms with Crippen LogP contribution < -0.4 is 19.5 Å². The highest BCUT2D eigenvalue weighted by molar-refractivity contribution is 5.78. The van der Waals surface area contributed by atoms with E-state index in [4.69, 9.17) is 14.2 Å². The van der Waals surface area contributed by atoms with E-state index in [1.165, 1.54) is 11.1 Å². The molecule has 6 nitrogen and oxygen atoms in total. The van der Waals surface area contributed by atoms with Crippen molar-refractivity contribution in [3.63, 3.8) is 0 Å². The standard InChI is InChI=1S/C25H34N2O4/c1-18-5-7-22(15-19(18)2)31-21-10-13-27(14-11-21)17-25(28)26-12-9-20-6-8-23(29-3)24(16-20)30-4/h5-8,15-16,21H,9-14,17H2,1-4H3,(H,26,28). The van der Waals surface area contributed by atoms with Crippen molar-refractivity contribution in [3.05, 3.63) is 53.1 Å². The highest BCUT2D eigenvalue weighted by Gasteiger charge is 2.22. The molecule has 1 aliphatic heterocycles. The highest BCUT2D eigenvalue weighted by atomic mass is 16.5. The molecule has 0 aromatic heterocycles. The summed E-state index contributed by atoms with van der Waals surface area (Å²) in [6.45, 7) is 6.99. The van der Waals surface area contributed by atoms with Crippen molar-refractivity contribution in [1.82, 2.24) is 10.2 Å². The Morgan fingerprint density at radius 2 is 1.74 bits per heavy atom. The Balaban J connectivity index is 1.36. The fraction of sp³-hybridized carbons (Fsp3) is 0.480. The lowest BCUT2D eigenvalue weighted by atomic mass is 10.1. The maximum Gasteiger partial charge on any atom is 0.234 e. The van der Waals surface area contributed by atoms with Crippen molar-refractivity contribution in [2.24, 2.45) is 0 Å². The molecule has 1 saturated heterocycles. The summed E-state index contributed by atoms with van der Waals surface area (Å²) in [6.07, 6.45) is 2.84. The fourth-order valence-electron chi connectivity index (χ4n) is 3.81. The number of hydrogen-bond donors (Lipinski definition) is 1. The number of nitrogens with zero attached hydrogens (tertiary/aromatic N) is 1. The predicted octanol–water partition coefficient (Wildman–Crippen LogP) is 3.52. The van der Waals surface area contributed by atoms with Crippen molar-refractivity contribution >= 4 is 5.91 Å². The quantitative estimate of drug-likeness (QED) is 0.665. The zero-order valence-electron chi connectivity index (χ0n) is 19.1. The van der Waals surface area contributed by atoms with Gasteiger partial charge in [0.15, 0.2) is 11.5 Å². The lowest BCUT2D eigenvalue weighted by Crippen LogP contribution is -2.44. The molecule has 2 aromatic rings. The van der Waals surface area contributed by atoms with E-state index < -0.39 is 0 Å². The van der Waals surface area contributed by atoms with Crippen LogP contribution in [-0.2, 0) is 11.2 Å². The van der Waals surface area contributed by atoms with Crippen molar-refractivity contribution in [2.45, 2.75) is 39.2 Å². The molecule has 6 heteroatoms. The lowest BCUT2D eigenvalue weighted by molar-refractivity contribution is -0.122. The first kappa shape index (κ1) is 22.9. The molecule has 31 heavy (non-hydrogen) atoms. The minimum absolute atomic E-state index is 0.0639. The van der Waals surface area contributed by atoms with Crippen molar-refractivity contribution < 1.29 is 19.0 Å². The van der Waals surface area contributed by atoms with Crippen LogP contribution in [0.25, 0.3) is 0 Å². The zero-order valence-corrected chi connectivity index (χ0v) is 19.1. The Morgan fingerprint density at radius 1 is 1.00 bits per heavy atom. The molecule has 1 fully saturated rings. The topological polar surface area (TPSA) is 60.0 Å². The van der Waals surface area contributed by atoms with E-state index in [9.17, 15) is 4.79 Å². The second kappa shape index (κ2) is 11.0. The third kappa shape index (κ3) is 6.62. The van der Waals surface area contributed by atoms with Gasteiger partial charge in [0.05, 0.1) is 20.8 Å². The number of carbonyl (C=O) groups excluding carboxylic acids is 1. The summed E-state index contributed by atoms with van der Waals surface area (Å²) in [7, 11) is 3.25. The number of likely N-dealkylation sites (tertiary alicyclic amines) is 1. The summed E-state index contributed by atoms with van der Waals surface area (Å²) in [5.74, 6) is 2.42. The van der Waals surface area contributed by atoms with Crippen LogP contribution in [0.5, 0.6) is 17.2 Å². The van der Waals surface area contributed by atoms with Gasteiger partial charge in [0, 0.05) is 19.6 Å². The molecule has 1 amide bonds. The first-order valence-corrected chi connectivity index (χ1v) is 10.9. The predicted molar refractivity (Wildman–Crippen MR) is 122 cm³/mol. The molecule has 3 rings (SSSR count). The molecule has 0 unspecified atom stereocenters. The largest absolute Gasteiger partial charge is 0.493 e. The Morgan fingerprint density at radius 3 is 2.42 bits per heavy atom. The number of nitrogens with one attached hydrogen (secondary N) is 1. The first-order chi connectivity index (χ1) is 15.0. The SMILES string of the molecule is COc1ccc(CCNC(=O)CN2CCC(Oc3ccc(C)c(C)c3)CC2)cc1OC. The van der Waals surface area contributed by atoms with Gasteiger partial charge in [-0.05, 0) is 74.1 Å². The summed E-state index contributed by atoms with van der Waals surface area (Å²) in [4.78, 5) is 14.5. The zero-order chi connectivity index (χ0) is 22.2. The maximum atomic E-state index is 12.3. The van der Waals surface area contributed by atoms with Crippen LogP contribution >= 0.6 is 0 Å². The molecule has 0 atom stereocenters. The number of hydrogen-bond acceptors (Lipinski definition) is 5. The van der Waals surface area contributed by atoms with Crippen LogP contribution in [0, 0.1) is 13.8 Å². The molecule has 0 bridgehead atoms. The Kier molecular flexibility index (Phi) is 8.18. The van der Waals surface area contributed by atoms with Crippen LogP contribution in [-0.4, -0.2) is 57.3 Å². The van der Waals surface area contributed by atoms with E-state index in [2.05, 4.69) is 36.2 Å². The van der Waals surface area contributed by atoms with Gasteiger partial charge in [-0.15, -0.1) is 0 Å². The molecule has 0 saturated carbocycles. The molecule has 0 spiro atoms. The second-order valence-corrected chi connectivity index (χ2v) is 8.13. The molecule has 0 aliphatic carbocycles. The van der Waals surface area contributed by atoms with Gasteiger partial charge in [0.1, 0.15) is 11.9 Å². The summed E-state index contributed by atoms with van der Waals surface area (Å²) < 4.78 is 16.7. The van der Waals surface area contributed by atoms with E-state index in [1.54, 1.807) is 14.2 Å². The van der Waals surface area contributed by atoms with Crippen LogP contribution in [0.1, 0.15) is 29.5 Å². The number of ether oxygens (including phenoxy) is 3. The number of rotatable bonds is 9. The Labute approximate surface area is 185 Å². The van der Waals surface area contributed by atoms with Gasteiger partial charge in [-0.1, -0.05) is 12.1 Å². The van der Waals surface area contributed by atoms with Crippen molar-refractivity contribution in [2.75, 3.05) is 40.4 Å². The van der Waals surface area contributed by atoms with Gasteiger partial charge < -0.3 is 19.5 Å². The molecule has 0 radical (unpaired) electrons. The number of carbonyl (C=O) groups is 1. The van der Waals surface area contributed by atoms with Crippen LogP contribution in [0.15, 0.2) is 36.4 Å². The van der Waals surface area contributed by atoms with Gasteiger partial charge in [-0.2, -0.15) is 0 Å². The number of piperidine rings is 1. The minimum atomic E-state index is 0.0639. The molecular formula is C25H34N2O4. The fourth-order valence-corrected chi connectivity index (χ4v) is 3.81. The molecule has 168 valence electrons. The Bertz CT molecular complexity index is 876. The second-order valence-electron chi connectivity index (χ2n) is 8.13. The highest BCUT2D eigenvalue weighted by Crippen LogP contribution is 2.27. The van der Waals surface area contributed by atoms with Crippen LogP contribution in [0.4, 0.5) is 0 Å². The van der Waals surface area contributed by atoms with Gasteiger partial charge in [-0.25, -0.2) is 0 Å². The minimum Gasteiger partial charge on any atom is -0.493 e. The average molecular weight is 427 g/mol. The van der Waals surface area contributed by atoms with E-state index in [1.807, 2.05) is 24.3 Å². The van der Waals surface area contributed by atoms with E-state index in [0.717, 1.165) is 43.7 Å². The summed E-state index contributed by atoms with van der Waals surface area (Å²) >= 11 is 0. The molecule has 1 heterocycles. The summed E-state index contributed by atoms with van der Waals surface area (Å²) in [5.41, 5.74) is 3.63. The summed E-state index contributed by atoms with van der Waals surface area (Å²) in [6, 6.07) is 12.1. The van der Waals surface area contributed by atoms with Gasteiger partial charge in [-0.3, -0.25) is 9.69 Å². The van der Waals surface area contributed by atoms with E-state index >= 15 is 0 Å². The number of amides is 1. The normalized spacial score (nSPS) is 14.8. The van der Waals surface area contributed by atoms with Crippen LogP contribution in [0.2, 0.25) is 0 Å². The lowest BCUT2D eigenvalue weighted by Gasteiger charge is -2.31. The molecule has 2 aromatic carbocycles. The third-order valence-electron chi connectivity index (χ3n) is 5.87. The van der Waals surface area contributed by atoms with Gasteiger partial charge in [0.2, 0.25) is 5.91 Å². The number of aryl methyl sites for hydroxylation is 2. The average Bonchev–Trinajstić information content (AvgIpc) is 2.77. The smallest absolute Gasteiger partial charge is 0.234 e. The maximum absolute atomic E-state index is 12.3. The van der Waals surface area contributed by atoms with E-state index in [0.29, 0.717) is 24.6 Å². The monoisotopic (exact) mass is 426 g/mol. The van der Waals surface area contributed by atoms with Crippen molar-refractivity contribution in [1.29, 1.82) is 0 Å². The Hall–Kier alpha value is -2.73. The third-order valence-corrected chi connectivity index (χ3v) is 5.87. The first-order valence-electron chi connectivity index (χ1n) is 10.9. The van der Waals surface area contributed by atoms with Crippen molar-refractivity contribution in [3.8, 4) is 17.2 Å². The molecule has 1 aliphatic rings. The molecule has 1 N–H and O–H groups in total. The van der Waals surface area contributed by atoms with Gasteiger partial charge in [0.25, 0.3) is 0 Å². The number of benzene rings is 2. The van der Waals surface area contributed by atoms with E-state index in [-0.39, 0.29) is 12.0 Å².